The number of rotatable bonds is 6. The molecule has 0 spiro atoms. The Morgan fingerprint density at radius 2 is 1.85 bits per heavy atom. The summed E-state index contributed by atoms with van der Waals surface area (Å²) in [6.45, 7) is 2.50. The van der Waals surface area contributed by atoms with Gasteiger partial charge in [0.1, 0.15) is 17.6 Å². The second-order valence-electron chi connectivity index (χ2n) is 7.67. The van der Waals surface area contributed by atoms with Gasteiger partial charge in [-0.05, 0) is 24.1 Å². The van der Waals surface area contributed by atoms with Gasteiger partial charge < -0.3 is 0 Å². The summed E-state index contributed by atoms with van der Waals surface area (Å²) >= 11 is 0. The number of fused-ring (bicyclic) bond motifs is 1. The highest BCUT2D eigenvalue weighted by atomic mass is 19.3. The Morgan fingerprint density at radius 3 is 2.62 bits per heavy atom. The van der Waals surface area contributed by atoms with Crippen molar-refractivity contribution in [2.45, 2.75) is 19.9 Å². The van der Waals surface area contributed by atoms with Gasteiger partial charge in [-0.25, -0.2) is 27.9 Å². The molecule has 1 N–H and O–H groups in total. The molecule has 2 aromatic carbocycles. The van der Waals surface area contributed by atoms with E-state index in [2.05, 4.69) is 25.5 Å². The average Bonchev–Trinajstić information content (AvgIpc) is 3.47. The van der Waals surface area contributed by atoms with Crippen LogP contribution in [0.1, 0.15) is 33.6 Å². The fourth-order valence-corrected chi connectivity index (χ4v) is 3.62. The minimum Gasteiger partial charge on any atom is -0.289 e. The molecule has 0 aliphatic heterocycles. The van der Waals surface area contributed by atoms with Gasteiger partial charge in [0.25, 0.3) is 12.3 Å². The Morgan fingerprint density at radius 1 is 1.09 bits per heavy atom. The zero-order chi connectivity index (χ0) is 23.7. The fraction of sp³-hybridized carbons (Fsp3) is 0.125. The molecule has 3 heterocycles. The molecule has 0 saturated heterocycles. The van der Waals surface area contributed by atoms with Crippen LogP contribution < -0.4 is 5.32 Å². The molecule has 0 bridgehead atoms. The lowest BCUT2D eigenvalue weighted by Crippen LogP contribution is -2.14. The predicted molar refractivity (Wildman–Crippen MR) is 122 cm³/mol. The molecule has 170 valence electrons. The van der Waals surface area contributed by atoms with Crippen molar-refractivity contribution in [1.82, 2.24) is 29.4 Å². The summed E-state index contributed by atoms with van der Waals surface area (Å²) in [6.07, 6.45) is -0.0795. The molecule has 0 fully saturated rings. The highest BCUT2D eigenvalue weighted by Gasteiger charge is 2.22. The number of hydrogen-bond donors (Lipinski definition) is 1. The lowest BCUT2D eigenvalue weighted by molar-refractivity contribution is 0.102. The molecule has 0 aliphatic rings. The van der Waals surface area contributed by atoms with Crippen molar-refractivity contribution in [1.29, 1.82) is 0 Å². The molecule has 0 unspecified atom stereocenters. The number of aromatic nitrogens is 6. The average molecular weight is 459 g/mol. The minimum absolute atomic E-state index is 0.0218. The van der Waals surface area contributed by atoms with Crippen LogP contribution in [0.15, 0.2) is 73.2 Å². The number of halogens is 2. The number of anilines is 1. The van der Waals surface area contributed by atoms with Crippen LogP contribution in [0, 0.1) is 6.92 Å². The number of amides is 1. The van der Waals surface area contributed by atoms with E-state index in [4.69, 9.17) is 0 Å². The smallest absolute Gasteiger partial charge is 0.280 e. The van der Waals surface area contributed by atoms with Crippen LogP contribution in [0.2, 0.25) is 0 Å². The normalized spacial score (nSPS) is 11.3. The van der Waals surface area contributed by atoms with E-state index in [1.807, 2.05) is 37.3 Å². The number of carbonyl (C=O) groups is 1. The summed E-state index contributed by atoms with van der Waals surface area (Å²) in [5.74, 6) is -0.507. The number of benzene rings is 2. The van der Waals surface area contributed by atoms with Crippen molar-refractivity contribution in [2.24, 2.45) is 0 Å². The SMILES string of the molecule is Cc1ccccc1Cn1cnc(NC(=O)c2cnn3c(C(F)F)cc(-c4ccccc4)nc23)n1. The monoisotopic (exact) mass is 459 g/mol. The first-order valence-corrected chi connectivity index (χ1v) is 10.5. The van der Waals surface area contributed by atoms with E-state index in [0.717, 1.165) is 15.6 Å². The van der Waals surface area contributed by atoms with Crippen LogP contribution in [0.3, 0.4) is 0 Å². The van der Waals surface area contributed by atoms with E-state index in [-0.39, 0.29) is 22.9 Å². The van der Waals surface area contributed by atoms with Gasteiger partial charge >= 0.3 is 0 Å². The van der Waals surface area contributed by atoms with Gasteiger partial charge in [-0.3, -0.25) is 10.1 Å². The molecule has 0 atom stereocenters. The summed E-state index contributed by atoms with van der Waals surface area (Å²) in [5.41, 5.74) is 2.86. The Bertz CT molecular complexity index is 1480. The van der Waals surface area contributed by atoms with E-state index in [0.29, 0.717) is 17.8 Å². The minimum atomic E-state index is -2.80. The Hall–Kier alpha value is -4.47. The third-order valence-electron chi connectivity index (χ3n) is 5.39. The Kier molecular flexibility index (Phi) is 5.54. The third kappa shape index (κ3) is 4.13. The van der Waals surface area contributed by atoms with E-state index in [9.17, 15) is 13.6 Å². The number of hydrogen-bond acceptors (Lipinski definition) is 5. The highest BCUT2D eigenvalue weighted by Crippen LogP contribution is 2.27. The Balaban J connectivity index is 1.44. The first kappa shape index (κ1) is 21.4. The quantitative estimate of drug-likeness (QED) is 0.403. The molecule has 0 aliphatic carbocycles. The maximum atomic E-state index is 13.7. The lowest BCUT2D eigenvalue weighted by atomic mass is 10.1. The summed E-state index contributed by atoms with van der Waals surface area (Å²) in [4.78, 5) is 21.5. The van der Waals surface area contributed by atoms with Crippen LogP contribution >= 0.6 is 0 Å². The van der Waals surface area contributed by atoms with Crippen molar-refractivity contribution >= 4 is 17.5 Å². The van der Waals surface area contributed by atoms with Gasteiger partial charge in [0.2, 0.25) is 5.95 Å². The van der Waals surface area contributed by atoms with Crippen LogP contribution in [0.5, 0.6) is 0 Å². The predicted octanol–water partition coefficient (Wildman–Crippen LogP) is 4.53. The molecule has 0 radical (unpaired) electrons. The van der Waals surface area contributed by atoms with E-state index < -0.39 is 12.3 Å². The number of nitrogens with zero attached hydrogens (tertiary/aromatic N) is 6. The molecular weight excluding hydrogens is 440 g/mol. The molecule has 5 aromatic rings. The van der Waals surface area contributed by atoms with Crippen LogP contribution in [-0.2, 0) is 6.54 Å². The number of nitrogens with one attached hydrogen (secondary N) is 1. The summed E-state index contributed by atoms with van der Waals surface area (Å²) in [7, 11) is 0. The van der Waals surface area contributed by atoms with Crippen LogP contribution in [-0.4, -0.2) is 35.3 Å². The van der Waals surface area contributed by atoms with Gasteiger partial charge in [-0.2, -0.15) is 5.10 Å². The second kappa shape index (κ2) is 8.81. The van der Waals surface area contributed by atoms with Crippen molar-refractivity contribution in [2.75, 3.05) is 5.32 Å². The largest absolute Gasteiger partial charge is 0.289 e. The number of carbonyl (C=O) groups excluding carboxylic acids is 1. The first-order valence-electron chi connectivity index (χ1n) is 10.5. The summed E-state index contributed by atoms with van der Waals surface area (Å²) in [6, 6.07) is 18.1. The maximum Gasteiger partial charge on any atom is 0.280 e. The molecule has 0 saturated carbocycles. The van der Waals surface area contributed by atoms with Crippen molar-refractivity contribution in [3.8, 4) is 11.3 Å². The fourth-order valence-electron chi connectivity index (χ4n) is 3.62. The van der Waals surface area contributed by atoms with Crippen molar-refractivity contribution < 1.29 is 13.6 Å². The van der Waals surface area contributed by atoms with E-state index in [1.54, 1.807) is 28.9 Å². The van der Waals surface area contributed by atoms with Crippen LogP contribution in [0.4, 0.5) is 14.7 Å². The summed E-state index contributed by atoms with van der Waals surface area (Å²) < 4.78 is 30.1. The number of alkyl halides is 2. The zero-order valence-corrected chi connectivity index (χ0v) is 18.1. The van der Waals surface area contributed by atoms with Gasteiger partial charge in [0.05, 0.1) is 18.4 Å². The molecule has 3 aromatic heterocycles. The molecule has 8 nitrogen and oxygen atoms in total. The zero-order valence-electron chi connectivity index (χ0n) is 18.1. The van der Waals surface area contributed by atoms with Crippen molar-refractivity contribution in [3.63, 3.8) is 0 Å². The maximum absolute atomic E-state index is 13.7. The first-order chi connectivity index (χ1) is 16.5. The third-order valence-corrected chi connectivity index (χ3v) is 5.39. The van der Waals surface area contributed by atoms with E-state index in [1.165, 1.54) is 18.6 Å². The van der Waals surface area contributed by atoms with Gasteiger partial charge in [-0.15, -0.1) is 5.10 Å². The van der Waals surface area contributed by atoms with Gasteiger partial charge in [0.15, 0.2) is 5.65 Å². The molecule has 34 heavy (non-hydrogen) atoms. The van der Waals surface area contributed by atoms with Crippen molar-refractivity contribution in [3.05, 3.63) is 95.6 Å². The Labute approximate surface area is 192 Å². The molecule has 10 heteroatoms. The molecular formula is C24H19F2N7O. The van der Waals surface area contributed by atoms with Crippen LogP contribution in [0.25, 0.3) is 16.9 Å². The number of aryl methyl sites for hydroxylation is 1. The topological polar surface area (TPSA) is 90.0 Å². The van der Waals surface area contributed by atoms with Gasteiger partial charge in [0, 0.05) is 5.56 Å². The summed E-state index contributed by atoms with van der Waals surface area (Å²) in [5, 5.41) is 10.9. The molecule has 5 rings (SSSR count). The molecule has 1 amide bonds. The van der Waals surface area contributed by atoms with Gasteiger partial charge in [-0.1, -0.05) is 54.6 Å². The standard InChI is InChI=1S/C24H19F2N7O/c1-15-7-5-6-10-17(15)13-32-14-27-24(31-32)30-23(34)18-12-28-33-20(21(25)26)11-19(29-22(18)33)16-8-3-2-4-9-16/h2-12,14,21H,13H2,1H3,(H,30,31,34). The second-order valence-corrected chi connectivity index (χ2v) is 7.67. The van der Waals surface area contributed by atoms with E-state index >= 15 is 0 Å². The lowest BCUT2D eigenvalue weighted by Gasteiger charge is -2.08. The highest BCUT2D eigenvalue weighted by molar-refractivity contribution is 6.07.